The number of rotatable bonds is 1. The van der Waals surface area contributed by atoms with Crippen LogP contribution in [0.2, 0.25) is 0 Å². The van der Waals surface area contributed by atoms with Crippen LogP contribution in [0, 0.1) is 6.92 Å². The first-order valence-electron chi connectivity index (χ1n) is 5.32. The Morgan fingerprint density at radius 1 is 1.59 bits per heavy atom. The van der Waals surface area contributed by atoms with E-state index in [0.717, 1.165) is 0 Å². The van der Waals surface area contributed by atoms with Gasteiger partial charge in [0, 0.05) is 11.8 Å². The molecule has 2 aliphatic heterocycles. The van der Waals surface area contributed by atoms with Crippen LogP contribution in [0.25, 0.3) is 0 Å². The molecule has 3 rings (SSSR count). The molecule has 17 heavy (non-hydrogen) atoms. The summed E-state index contributed by atoms with van der Waals surface area (Å²) in [6, 6.07) is 0.144. The lowest BCUT2D eigenvalue weighted by molar-refractivity contribution is -0.0435. The van der Waals surface area contributed by atoms with Crippen molar-refractivity contribution in [1.29, 1.82) is 0 Å². The molecule has 4 atom stereocenters. The van der Waals surface area contributed by atoms with Crippen LogP contribution < -0.4 is 10.3 Å². The van der Waals surface area contributed by atoms with Crippen molar-refractivity contribution in [3.8, 4) is 6.01 Å². The van der Waals surface area contributed by atoms with Crippen LogP contribution in [0.1, 0.15) is 11.8 Å². The second kappa shape index (κ2) is 3.52. The molecule has 0 aliphatic carbocycles. The summed E-state index contributed by atoms with van der Waals surface area (Å²) in [4.78, 5) is 15.1. The largest absolute Gasteiger partial charge is 0.453 e. The minimum absolute atomic E-state index is 0.144. The van der Waals surface area contributed by atoms with E-state index in [9.17, 15) is 9.90 Å². The predicted octanol–water partition coefficient (Wildman–Crippen LogP) is -1.44. The number of aryl methyl sites for hydroxylation is 1. The van der Waals surface area contributed by atoms with Gasteiger partial charge in [-0.05, 0) is 6.92 Å². The van der Waals surface area contributed by atoms with Crippen molar-refractivity contribution in [3.05, 3.63) is 22.1 Å². The number of nitrogens with zero attached hydrogens (tertiary/aromatic N) is 2. The third-order valence-corrected chi connectivity index (χ3v) is 3.10. The van der Waals surface area contributed by atoms with Crippen LogP contribution in [0.3, 0.4) is 0 Å². The first kappa shape index (κ1) is 10.7. The monoisotopic (exact) mass is 240 g/mol. The van der Waals surface area contributed by atoms with Crippen LogP contribution >= 0.6 is 0 Å². The molecule has 1 saturated heterocycles. The van der Waals surface area contributed by atoms with Crippen molar-refractivity contribution in [2.45, 2.75) is 31.5 Å². The molecule has 0 amide bonds. The first-order chi connectivity index (χ1) is 8.11. The third-order valence-electron chi connectivity index (χ3n) is 3.10. The zero-order chi connectivity index (χ0) is 12.2. The average molecular weight is 240 g/mol. The van der Waals surface area contributed by atoms with Gasteiger partial charge in [-0.1, -0.05) is 0 Å². The van der Waals surface area contributed by atoms with E-state index in [4.69, 9.17) is 14.6 Å². The Balaban J connectivity index is 2.02. The van der Waals surface area contributed by atoms with Gasteiger partial charge in [-0.3, -0.25) is 9.36 Å². The number of aliphatic hydroxyl groups excluding tert-OH is 2. The molecular formula is C10H12N2O5. The summed E-state index contributed by atoms with van der Waals surface area (Å²) in [5, 5.41) is 18.9. The highest BCUT2D eigenvalue weighted by Crippen LogP contribution is 2.38. The SMILES string of the molecule is Cc1cn2c(nc1=O)OC1[C@@H](O)[C@@H](CO)O[C@H]12. The van der Waals surface area contributed by atoms with Crippen LogP contribution in [-0.2, 0) is 4.74 Å². The fourth-order valence-corrected chi connectivity index (χ4v) is 2.16. The standard InChI is InChI=1S/C10H12N2O5/c1-4-2-12-9-7(6(14)5(3-13)16-9)17-10(12)11-8(4)15/h2,5-7,9,13-14H,3H2,1H3/t5-,6+,7?,9-/m1/s1. The van der Waals surface area contributed by atoms with E-state index in [1.165, 1.54) is 0 Å². The summed E-state index contributed by atoms with van der Waals surface area (Å²) < 4.78 is 12.4. The highest BCUT2D eigenvalue weighted by Gasteiger charge is 2.50. The Kier molecular flexibility index (Phi) is 2.22. The number of aromatic nitrogens is 2. The highest BCUT2D eigenvalue weighted by molar-refractivity contribution is 5.15. The molecule has 92 valence electrons. The van der Waals surface area contributed by atoms with E-state index in [-0.39, 0.29) is 18.2 Å². The van der Waals surface area contributed by atoms with Gasteiger partial charge in [0.15, 0.2) is 12.3 Å². The molecule has 0 saturated carbocycles. The van der Waals surface area contributed by atoms with Gasteiger partial charge < -0.3 is 19.7 Å². The maximum atomic E-state index is 11.4. The van der Waals surface area contributed by atoms with Crippen molar-refractivity contribution < 1.29 is 19.7 Å². The number of ether oxygens (including phenoxy) is 2. The van der Waals surface area contributed by atoms with Crippen molar-refractivity contribution in [2.24, 2.45) is 0 Å². The van der Waals surface area contributed by atoms with Crippen LogP contribution in [-0.4, -0.2) is 44.7 Å². The van der Waals surface area contributed by atoms with E-state index in [1.807, 2.05) is 0 Å². The quantitative estimate of drug-likeness (QED) is 0.624. The number of aliphatic hydroxyl groups is 2. The van der Waals surface area contributed by atoms with E-state index in [1.54, 1.807) is 17.7 Å². The molecule has 1 aromatic rings. The number of hydrogen-bond donors (Lipinski definition) is 2. The highest BCUT2D eigenvalue weighted by atomic mass is 16.6. The van der Waals surface area contributed by atoms with Crippen LogP contribution in [0.5, 0.6) is 6.01 Å². The van der Waals surface area contributed by atoms with Gasteiger partial charge in [-0.2, -0.15) is 4.98 Å². The molecule has 7 nitrogen and oxygen atoms in total. The van der Waals surface area contributed by atoms with Gasteiger partial charge in [-0.15, -0.1) is 0 Å². The Bertz CT molecular complexity index is 514. The van der Waals surface area contributed by atoms with E-state index in [2.05, 4.69) is 4.98 Å². The average Bonchev–Trinajstić information content (AvgIpc) is 2.78. The second-order valence-corrected chi connectivity index (χ2v) is 4.24. The van der Waals surface area contributed by atoms with Crippen LogP contribution in [0.15, 0.2) is 11.0 Å². The normalized spacial score (nSPS) is 34.3. The summed E-state index contributed by atoms with van der Waals surface area (Å²) >= 11 is 0. The zero-order valence-corrected chi connectivity index (χ0v) is 9.11. The molecular weight excluding hydrogens is 228 g/mol. The van der Waals surface area contributed by atoms with Gasteiger partial charge >= 0.3 is 6.01 Å². The molecule has 3 heterocycles. The third kappa shape index (κ3) is 1.40. The molecule has 1 aromatic heterocycles. The summed E-state index contributed by atoms with van der Waals surface area (Å²) in [6.07, 6.45) is -1.17. The molecule has 1 fully saturated rings. The van der Waals surface area contributed by atoms with Gasteiger partial charge in [0.2, 0.25) is 0 Å². The van der Waals surface area contributed by atoms with Crippen LogP contribution in [0.4, 0.5) is 0 Å². The lowest BCUT2D eigenvalue weighted by Crippen LogP contribution is -2.34. The maximum Gasteiger partial charge on any atom is 0.302 e. The lowest BCUT2D eigenvalue weighted by Gasteiger charge is -2.14. The van der Waals surface area contributed by atoms with Crippen molar-refractivity contribution >= 4 is 0 Å². The van der Waals surface area contributed by atoms with Gasteiger partial charge in [0.05, 0.1) is 6.61 Å². The molecule has 7 heteroatoms. The Morgan fingerprint density at radius 2 is 2.35 bits per heavy atom. The van der Waals surface area contributed by atoms with Crippen molar-refractivity contribution in [3.63, 3.8) is 0 Å². The smallest absolute Gasteiger partial charge is 0.302 e. The Morgan fingerprint density at radius 3 is 3.06 bits per heavy atom. The van der Waals surface area contributed by atoms with E-state index in [0.29, 0.717) is 5.56 Å². The van der Waals surface area contributed by atoms with E-state index < -0.39 is 24.5 Å². The van der Waals surface area contributed by atoms with Crippen molar-refractivity contribution in [2.75, 3.05) is 6.61 Å². The minimum atomic E-state index is -0.929. The van der Waals surface area contributed by atoms with Crippen molar-refractivity contribution in [1.82, 2.24) is 9.55 Å². The zero-order valence-electron chi connectivity index (χ0n) is 9.11. The molecule has 0 aromatic carbocycles. The molecule has 0 bridgehead atoms. The lowest BCUT2D eigenvalue weighted by atomic mass is 10.1. The minimum Gasteiger partial charge on any atom is -0.453 e. The molecule has 2 aliphatic rings. The van der Waals surface area contributed by atoms with E-state index >= 15 is 0 Å². The summed E-state index contributed by atoms with van der Waals surface area (Å²) in [5.74, 6) is 0. The topological polar surface area (TPSA) is 93.8 Å². The fourth-order valence-electron chi connectivity index (χ4n) is 2.16. The Hall–Kier alpha value is -1.44. The van der Waals surface area contributed by atoms with Gasteiger partial charge in [0.1, 0.15) is 12.2 Å². The Labute approximate surface area is 96.2 Å². The predicted molar refractivity (Wildman–Crippen MR) is 54.7 cm³/mol. The number of hydrogen-bond acceptors (Lipinski definition) is 6. The fraction of sp³-hybridized carbons (Fsp3) is 0.600. The molecule has 2 N–H and O–H groups in total. The first-order valence-corrected chi connectivity index (χ1v) is 5.32. The number of fused-ring (bicyclic) bond motifs is 3. The summed E-state index contributed by atoms with van der Waals surface area (Å²) in [6.45, 7) is 1.37. The van der Waals surface area contributed by atoms with Gasteiger partial charge in [-0.25, -0.2) is 0 Å². The van der Waals surface area contributed by atoms with Gasteiger partial charge in [0.25, 0.3) is 5.56 Å². The molecule has 0 spiro atoms. The summed E-state index contributed by atoms with van der Waals surface area (Å²) in [7, 11) is 0. The second-order valence-electron chi connectivity index (χ2n) is 4.24. The molecule has 1 unspecified atom stereocenters. The molecule has 0 radical (unpaired) electrons. The maximum absolute atomic E-state index is 11.4. The summed E-state index contributed by atoms with van der Waals surface area (Å²) in [5.41, 5.74) is 0.118.